The number of nitrogens with one attached hydrogen (secondary N) is 1. The lowest BCUT2D eigenvalue weighted by atomic mass is 10.2. The van der Waals surface area contributed by atoms with Gasteiger partial charge >= 0.3 is 0 Å². The summed E-state index contributed by atoms with van der Waals surface area (Å²) in [6.07, 6.45) is 1.75. The Labute approximate surface area is 223 Å². The fourth-order valence-electron chi connectivity index (χ4n) is 3.02. The van der Waals surface area contributed by atoms with Crippen LogP contribution in [-0.2, 0) is 11.4 Å². The van der Waals surface area contributed by atoms with E-state index in [1.54, 1.807) is 49.6 Å². The molecule has 0 aliphatic carbocycles. The third-order valence-electron chi connectivity index (χ3n) is 4.65. The van der Waals surface area contributed by atoms with Gasteiger partial charge in [0.25, 0.3) is 5.91 Å². The number of hydrogen-bond donors (Lipinski definition) is 1. The predicted octanol–water partition coefficient (Wildman–Crippen LogP) is 7.22. The summed E-state index contributed by atoms with van der Waals surface area (Å²) < 4.78 is 25.4. The zero-order valence-corrected chi connectivity index (χ0v) is 22.1. The van der Waals surface area contributed by atoms with Crippen molar-refractivity contribution in [1.82, 2.24) is 5.32 Å². The second kappa shape index (κ2) is 11.0. The van der Waals surface area contributed by atoms with E-state index in [1.807, 2.05) is 6.07 Å². The smallest absolute Gasteiger partial charge is 0.264 e. The molecule has 4 rings (SSSR count). The number of carbonyl (C=O) groups is 1. The first kappa shape index (κ1) is 24.8. The van der Waals surface area contributed by atoms with Crippen LogP contribution in [0.15, 0.2) is 64.5 Å². The second-order valence-corrected chi connectivity index (χ2v) is 9.98. The lowest BCUT2D eigenvalue weighted by Crippen LogP contribution is -2.19. The van der Waals surface area contributed by atoms with Crippen LogP contribution in [0.25, 0.3) is 6.08 Å². The van der Waals surface area contributed by atoms with Crippen LogP contribution in [0.5, 0.6) is 11.5 Å². The van der Waals surface area contributed by atoms with Crippen LogP contribution < -0.4 is 14.8 Å². The molecule has 1 fully saturated rings. The molecule has 5 nitrogen and oxygen atoms in total. The van der Waals surface area contributed by atoms with E-state index in [-0.39, 0.29) is 18.3 Å². The molecule has 0 spiro atoms. The van der Waals surface area contributed by atoms with Crippen LogP contribution in [-0.4, -0.2) is 18.2 Å². The molecule has 10 heteroatoms. The summed E-state index contributed by atoms with van der Waals surface area (Å²) in [6, 6.07) is 14.9. The molecule has 0 aromatic heterocycles. The molecule has 0 unspecified atom stereocenters. The Kier molecular flexibility index (Phi) is 8.02. The van der Waals surface area contributed by atoms with Crippen molar-refractivity contribution in [3.63, 3.8) is 0 Å². The quantitative estimate of drug-likeness (QED) is 0.231. The summed E-state index contributed by atoms with van der Waals surface area (Å²) in [6.45, 7) is 0.261. The number of halogens is 4. The highest BCUT2D eigenvalue weighted by Crippen LogP contribution is 2.37. The van der Waals surface area contributed by atoms with Crippen LogP contribution in [0.4, 0.5) is 10.1 Å². The van der Waals surface area contributed by atoms with Crippen LogP contribution in [0, 0.1) is 9.39 Å². The highest BCUT2D eigenvalue weighted by molar-refractivity contribution is 14.1. The minimum atomic E-state index is -0.300. The van der Waals surface area contributed by atoms with Gasteiger partial charge in [0, 0.05) is 0 Å². The maximum absolute atomic E-state index is 13.1. The fraction of sp³-hybridized carbons (Fsp3) is 0.0833. The summed E-state index contributed by atoms with van der Waals surface area (Å²) in [5.74, 6) is 0.512. The minimum absolute atomic E-state index is 0.261. The van der Waals surface area contributed by atoms with E-state index in [1.165, 1.54) is 23.9 Å². The van der Waals surface area contributed by atoms with Gasteiger partial charge in [0.15, 0.2) is 16.7 Å². The molecular formula is C24H16Cl2FIN2O3S. The fourth-order valence-corrected chi connectivity index (χ4v) is 4.97. The Bertz CT molecular complexity index is 1320. The normalized spacial score (nSPS) is 15.6. The highest BCUT2D eigenvalue weighted by Gasteiger charge is 2.24. The number of amidine groups is 1. The average Bonchev–Trinajstić information content (AvgIpc) is 3.15. The minimum Gasteiger partial charge on any atom is -0.493 e. The SMILES string of the molecule is COc1cc(/C=C2/SC(=Nc3cccc(Cl)c3Cl)NC2=O)cc(I)c1OCc1ccc(F)cc1. The summed E-state index contributed by atoms with van der Waals surface area (Å²) >= 11 is 15.6. The summed E-state index contributed by atoms with van der Waals surface area (Å²) in [7, 11) is 1.55. The van der Waals surface area contributed by atoms with Gasteiger partial charge in [-0.1, -0.05) is 41.4 Å². The van der Waals surface area contributed by atoms with Crippen molar-refractivity contribution in [2.75, 3.05) is 7.11 Å². The van der Waals surface area contributed by atoms with Crippen molar-refractivity contribution >= 4 is 80.4 Å². The van der Waals surface area contributed by atoms with Gasteiger partial charge in [-0.25, -0.2) is 9.38 Å². The van der Waals surface area contributed by atoms with E-state index in [0.717, 1.165) is 14.7 Å². The molecule has 3 aromatic rings. The van der Waals surface area contributed by atoms with E-state index in [2.05, 4.69) is 32.9 Å². The van der Waals surface area contributed by atoms with E-state index >= 15 is 0 Å². The molecule has 0 bridgehead atoms. The average molecular weight is 629 g/mol. The maximum atomic E-state index is 13.1. The number of ether oxygens (including phenoxy) is 2. The number of methoxy groups -OCH3 is 1. The molecule has 1 N–H and O–H groups in total. The van der Waals surface area contributed by atoms with Crippen molar-refractivity contribution in [2.45, 2.75) is 6.61 Å². The lowest BCUT2D eigenvalue weighted by molar-refractivity contribution is -0.115. The predicted molar refractivity (Wildman–Crippen MR) is 144 cm³/mol. The van der Waals surface area contributed by atoms with Crippen molar-refractivity contribution in [3.8, 4) is 11.5 Å². The number of rotatable bonds is 6. The van der Waals surface area contributed by atoms with Crippen LogP contribution in [0.1, 0.15) is 11.1 Å². The van der Waals surface area contributed by atoms with E-state index in [9.17, 15) is 9.18 Å². The van der Waals surface area contributed by atoms with Crippen molar-refractivity contribution in [3.05, 3.63) is 90.1 Å². The number of hydrogen-bond acceptors (Lipinski definition) is 5. The third-order valence-corrected chi connectivity index (χ3v) is 7.17. The van der Waals surface area contributed by atoms with Gasteiger partial charge in [-0.2, -0.15) is 0 Å². The molecule has 34 heavy (non-hydrogen) atoms. The number of aliphatic imine (C=N–C) groups is 1. The third kappa shape index (κ3) is 5.86. The summed E-state index contributed by atoms with van der Waals surface area (Å²) in [5, 5.41) is 3.84. The largest absolute Gasteiger partial charge is 0.493 e. The first-order valence-electron chi connectivity index (χ1n) is 9.82. The van der Waals surface area contributed by atoms with E-state index in [0.29, 0.717) is 37.3 Å². The lowest BCUT2D eigenvalue weighted by Gasteiger charge is -2.14. The van der Waals surface area contributed by atoms with Gasteiger partial charge in [0.05, 0.1) is 31.3 Å². The van der Waals surface area contributed by atoms with Crippen LogP contribution in [0.3, 0.4) is 0 Å². The van der Waals surface area contributed by atoms with E-state index < -0.39 is 0 Å². The monoisotopic (exact) mass is 628 g/mol. The van der Waals surface area contributed by atoms with Crippen molar-refractivity contribution in [2.24, 2.45) is 4.99 Å². The molecular weight excluding hydrogens is 613 g/mol. The van der Waals surface area contributed by atoms with E-state index in [4.69, 9.17) is 32.7 Å². The second-order valence-electron chi connectivity index (χ2n) is 7.00. The zero-order valence-electron chi connectivity index (χ0n) is 17.6. The zero-order chi connectivity index (χ0) is 24.2. The molecule has 1 aliphatic rings. The molecule has 1 aliphatic heterocycles. The topological polar surface area (TPSA) is 59.9 Å². The Morgan fingerprint density at radius 2 is 1.94 bits per heavy atom. The Morgan fingerprint density at radius 1 is 1.18 bits per heavy atom. The molecule has 0 atom stereocenters. The van der Waals surface area contributed by atoms with Gasteiger partial charge in [0.2, 0.25) is 0 Å². The number of thioether (sulfide) groups is 1. The number of benzene rings is 3. The van der Waals surface area contributed by atoms with Gasteiger partial charge < -0.3 is 14.8 Å². The first-order valence-corrected chi connectivity index (χ1v) is 12.5. The van der Waals surface area contributed by atoms with Gasteiger partial charge in [0.1, 0.15) is 12.4 Å². The van der Waals surface area contributed by atoms with Gasteiger partial charge in [-0.3, -0.25) is 4.79 Å². The molecule has 3 aromatic carbocycles. The highest BCUT2D eigenvalue weighted by atomic mass is 127. The van der Waals surface area contributed by atoms with Crippen LogP contribution >= 0.6 is 57.6 Å². The number of amides is 1. The summed E-state index contributed by atoms with van der Waals surface area (Å²) in [5.41, 5.74) is 2.06. The van der Waals surface area contributed by atoms with Crippen molar-refractivity contribution in [1.29, 1.82) is 0 Å². The first-order chi connectivity index (χ1) is 16.3. The van der Waals surface area contributed by atoms with Gasteiger partial charge in [-0.15, -0.1) is 0 Å². The van der Waals surface area contributed by atoms with Gasteiger partial charge in [-0.05, 0) is 88.0 Å². The molecule has 1 amide bonds. The molecule has 174 valence electrons. The standard InChI is InChI=1S/C24H16Cl2FIN2O3S/c1-32-19-10-14(9-17(28)22(19)33-12-13-5-7-15(27)8-6-13)11-20-23(31)30-24(34-20)29-18-4-2-3-16(25)21(18)26/h2-11H,12H2,1H3,(H,29,30,31)/b20-11+. The summed E-state index contributed by atoms with van der Waals surface area (Å²) in [4.78, 5) is 17.4. The molecule has 0 saturated carbocycles. The van der Waals surface area contributed by atoms with Crippen molar-refractivity contribution < 1.29 is 18.7 Å². The Balaban J connectivity index is 1.54. The molecule has 1 saturated heterocycles. The molecule has 0 radical (unpaired) electrons. The number of carbonyl (C=O) groups excluding carboxylic acids is 1. The Hall–Kier alpha value is -2.27. The Morgan fingerprint density at radius 3 is 2.68 bits per heavy atom. The van der Waals surface area contributed by atoms with Crippen LogP contribution in [0.2, 0.25) is 10.0 Å². The number of nitrogens with zero attached hydrogens (tertiary/aromatic N) is 1. The molecule has 1 heterocycles. The maximum Gasteiger partial charge on any atom is 0.264 e.